The van der Waals surface area contributed by atoms with E-state index in [1.807, 2.05) is 36.4 Å². The maximum Gasteiger partial charge on any atom is 0.333 e. The van der Waals surface area contributed by atoms with Crippen molar-refractivity contribution in [1.29, 1.82) is 0 Å². The summed E-state index contributed by atoms with van der Waals surface area (Å²) >= 11 is 0. The highest BCUT2D eigenvalue weighted by molar-refractivity contribution is 6.28. The summed E-state index contributed by atoms with van der Waals surface area (Å²) in [7, 11) is 0. The van der Waals surface area contributed by atoms with Gasteiger partial charge in [-0.3, -0.25) is 4.79 Å². The van der Waals surface area contributed by atoms with Gasteiger partial charge in [0.05, 0.1) is 5.69 Å². The number of nitrogens with two attached hydrogens (primary N) is 1. The summed E-state index contributed by atoms with van der Waals surface area (Å²) in [5, 5.41) is 11.9. The fourth-order valence-electron chi connectivity index (χ4n) is 2.85. The monoisotopic (exact) mass is 360 g/mol. The van der Waals surface area contributed by atoms with Crippen molar-refractivity contribution >= 4 is 29.4 Å². The van der Waals surface area contributed by atoms with Crippen LogP contribution in [-0.4, -0.2) is 22.0 Å². The van der Waals surface area contributed by atoms with Gasteiger partial charge < -0.3 is 21.1 Å². The zero-order chi connectivity index (χ0) is 19.0. The van der Waals surface area contributed by atoms with E-state index in [0.29, 0.717) is 17.1 Å². The molecule has 5 N–H and O–H groups in total. The van der Waals surface area contributed by atoms with E-state index in [9.17, 15) is 14.7 Å². The third kappa shape index (κ3) is 3.13. The second-order valence-electron chi connectivity index (χ2n) is 6.09. The number of urea groups is 1. The Hall–Kier alpha value is -4.00. The van der Waals surface area contributed by atoms with Gasteiger partial charge in [0.1, 0.15) is 11.4 Å². The van der Waals surface area contributed by atoms with Gasteiger partial charge in [-0.05, 0) is 60.2 Å². The van der Waals surface area contributed by atoms with Gasteiger partial charge in [-0.1, -0.05) is 12.1 Å². The van der Waals surface area contributed by atoms with E-state index >= 15 is 0 Å². The number of phenols is 1. The largest absolute Gasteiger partial charge is 0.508 e. The van der Waals surface area contributed by atoms with Gasteiger partial charge in [0.25, 0.3) is 5.91 Å². The number of amides is 3. The Labute approximate surface area is 154 Å². The van der Waals surface area contributed by atoms with Crippen LogP contribution in [0.4, 0.5) is 16.2 Å². The Morgan fingerprint density at radius 2 is 1.63 bits per heavy atom. The highest BCUT2D eigenvalue weighted by Gasteiger charge is 2.34. The summed E-state index contributed by atoms with van der Waals surface area (Å²) in [5.41, 5.74) is 9.44. The number of hydrogen-bond donors (Lipinski definition) is 4. The zero-order valence-electron chi connectivity index (χ0n) is 14.1. The van der Waals surface area contributed by atoms with Gasteiger partial charge in [-0.15, -0.1) is 0 Å². The number of phenolic OH excluding ortho intramolecular Hbond substituents is 1. The van der Waals surface area contributed by atoms with Gasteiger partial charge in [0.2, 0.25) is 0 Å². The molecule has 134 valence electrons. The lowest BCUT2D eigenvalue weighted by molar-refractivity contribution is -0.113. The number of carbonyl (C=O) groups excluding carboxylic acids is 2. The number of benzene rings is 2. The molecule has 0 radical (unpaired) electrons. The number of anilines is 2. The van der Waals surface area contributed by atoms with Gasteiger partial charge in [-0.2, -0.15) is 0 Å². The zero-order valence-corrected chi connectivity index (χ0v) is 14.1. The van der Waals surface area contributed by atoms with E-state index in [4.69, 9.17) is 5.73 Å². The van der Waals surface area contributed by atoms with Gasteiger partial charge in [0.15, 0.2) is 0 Å². The van der Waals surface area contributed by atoms with Crippen molar-refractivity contribution in [3.05, 3.63) is 72.1 Å². The predicted molar refractivity (Wildman–Crippen MR) is 103 cm³/mol. The van der Waals surface area contributed by atoms with Crippen molar-refractivity contribution < 1.29 is 14.7 Å². The Morgan fingerprint density at radius 3 is 2.33 bits per heavy atom. The molecule has 2 aromatic carbocycles. The lowest BCUT2D eigenvalue weighted by Gasteiger charge is -2.11. The molecule has 1 aromatic heterocycles. The smallest absolute Gasteiger partial charge is 0.333 e. The van der Waals surface area contributed by atoms with Crippen LogP contribution in [0.15, 0.2) is 66.4 Å². The minimum Gasteiger partial charge on any atom is -0.508 e. The Kier molecular flexibility index (Phi) is 3.89. The number of nitrogen functional groups attached to an aromatic ring is 1. The molecular formula is C20H16N4O3. The fourth-order valence-corrected chi connectivity index (χ4v) is 2.85. The summed E-state index contributed by atoms with van der Waals surface area (Å²) in [5.74, 6) is -0.405. The van der Waals surface area contributed by atoms with Crippen molar-refractivity contribution in [3.8, 4) is 17.0 Å². The van der Waals surface area contributed by atoms with E-state index in [0.717, 1.165) is 16.2 Å². The second-order valence-corrected chi connectivity index (χ2v) is 6.09. The Balaban J connectivity index is 1.59. The molecule has 0 atom stereocenters. The molecule has 1 aliphatic rings. The molecule has 27 heavy (non-hydrogen) atoms. The molecule has 4 rings (SSSR count). The number of rotatable bonds is 3. The molecule has 7 nitrogen and oxygen atoms in total. The first-order valence-corrected chi connectivity index (χ1v) is 8.22. The quantitative estimate of drug-likeness (QED) is 0.327. The summed E-state index contributed by atoms with van der Waals surface area (Å²) in [6.07, 6.45) is 1.58. The lowest BCUT2D eigenvalue weighted by Crippen LogP contribution is -2.30. The van der Waals surface area contributed by atoms with Crippen LogP contribution in [0.25, 0.3) is 17.3 Å². The van der Waals surface area contributed by atoms with Crippen LogP contribution in [0.5, 0.6) is 5.75 Å². The highest BCUT2D eigenvalue weighted by Crippen LogP contribution is 2.25. The molecule has 1 fully saturated rings. The number of nitrogens with one attached hydrogen (secondary N) is 2. The van der Waals surface area contributed by atoms with Crippen LogP contribution in [0.1, 0.15) is 5.69 Å². The van der Waals surface area contributed by atoms with Crippen LogP contribution >= 0.6 is 0 Å². The fraction of sp³-hybridized carbons (Fsp3) is 0. The summed E-state index contributed by atoms with van der Waals surface area (Å²) in [6.45, 7) is 0. The standard InChI is InChI=1S/C20H16N4O3/c21-13-3-1-12(2-4-13)17-10-5-14(22-17)11-18-19(26)24(20(27)23-18)15-6-8-16(25)9-7-15/h1-11,22,25H,21H2,(H,23,27)/b18-11-. The maximum absolute atomic E-state index is 12.6. The third-order valence-electron chi connectivity index (χ3n) is 4.22. The lowest BCUT2D eigenvalue weighted by atomic mass is 10.1. The summed E-state index contributed by atoms with van der Waals surface area (Å²) in [6, 6.07) is 16.4. The van der Waals surface area contributed by atoms with Crippen LogP contribution in [0.2, 0.25) is 0 Å². The average Bonchev–Trinajstić information content (AvgIpc) is 3.22. The first kappa shape index (κ1) is 16.5. The number of nitrogens with zero attached hydrogens (tertiary/aromatic N) is 1. The normalized spacial score (nSPS) is 15.4. The molecule has 0 unspecified atom stereocenters. The van der Waals surface area contributed by atoms with Crippen molar-refractivity contribution in [2.75, 3.05) is 10.6 Å². The number of aromatic amines is 1. The van der Waals surface area contributed by atoms with Crippen LogP contribution in [0.3, 0.4) is 0 Å². The van der Waals surface area contributed by atoms with Gasteiger partial charge >= 0.3 is 6.03 Å². The van der Waals surface area contributed by atoms with Gasteiger partial charge in [-0.25, -0.2) is 9.69 Å². The highest BCUT2D eigenvalue weighted by atomic mass is 16.3. The molecule has 0 spiro atoms. The summed E-state index contributed by atoms with van der Waals surface area (Å²) < 4.78 is 0. The number of carbonyl (C=O) groups is 2. The maximum atomic E-state index is 12.6. The molecular weight excluding hydrogens is 344 g/mol. The van der Waals surface area contributed by atoms with Crippen molar-refractivity contribution in [1.82, 2.24) is 10.3 Å². The number of H-pyrrole nitrogens is 1. The van der Waals surface area contributed by atoms with Crippen LogP contribution < -0.4 is 16.0 Å². The van der Waals surface area contributed by atoms with Crippen LogP contribution in [-0.2, 0) is 4.79 Å². The van der Waals surface area contributed by atoms with E-state index in [-0.39, 0.29) is 11.4 Å². The molecule has 0 saturated carbocycles. The molecule has 3 aromatic rings. The number of imide groups is 1. The van der Waals surface area contributed by atoms with Crippen molar-refractivity contribution in [2.45, 2.75) is 0 Å². The van der Waals surface area contributed by atoms with Crippen molar-refractivity contribution in [3.63, 3.8) is 0 Å². The van der Waals surface area contributed by atoms with Crippen molar-refractivity contribution in [2.24, 2.45) is 0 Å². The molecule has 1 aliphatic heterocycles. The number of aromatic hydroxyl groups is 1. The molecule has 7 heteroatoms. The van der Waals surface area contributed by atoms with E-state index in [1.54, 1.807) is 6.08 Å². The molecule has 2 heterocycles. The van der Waals surface area contributed by atoms with Crippen LogP contribution in [0, 0.1) is 0 Å². The summed E-state index contributed by atoms with van der Waals surface area (Å²) in [4.78, 5) is 29.0. The average molecular weight is 360 g/mol. The Morgan fingerprint density at radius 1 is 0.926 bits per heavy atom. The molecule has 1 saturated heterocycles. The Bertz CT molecular complexity index is 1050. The first-order valence-electron chi connectivity index (χ1n) is 8.22. The predicted octanol–water partition coefficient (Wildman–Crippen LogP) is 3.07. The van der Waals surface area contributed by atoms with Gasteiger partial charge in [0, 0.05) is 17.1 Å². The molecule has 0 bridgehead atoms. The minimum absolute atomic E-state index is 0.0585. The van der Waals surface area contributed by atoms with E-state index in [1.165, 1.54) is 24.3 Å². The SMILES string of the molecule is Nc1ccc(-c2ccc(/C=C3\NC(=O)N(c4ccc(O)cc4)C3=O)[nH]2)cc1. The number of aromatic nitrogens is 1. The van der Waals surface area contributed by atoms with E-state index < -0.39 is 11.9 Å². The third-order valence-corrected chi connectivity index (χ3v) is 4.22. The minimum atomic E-state index is -0.540. The first-order chi connectivity index (χ1) is 13.0. The molecule has 0 aliphatic carbocycles. The van der Waals surface area contributed by atoms with E-state index in [2.05, 4.69) is 10.3 Å². The second kappa shape index (κ2) is 6.38. The number of hydrogen-bond acceptors (Lipinski definition) is 4. The topological polar surface area (TPSA) is 111 Å². The molecule has 3 amide bonds.